The minimum absolute atomic E-state index is 0.120. The molecule has 55 heavy (non-hydrogen) atoms. The first-order chi connectivity index (χ1) is 25.5. The smallest absolute Gasteiger partial charge is 0.311 e. The molecule has 0 aromatic heterocycles. The van der Waals surface area contributed by atoms with Crippen LogP contribution in [-0.4, -0.2) is 154 Å². The lowest BCUT2D eigenvalue weighted by molar-refractivity contribution is -0.332. The van der Waals surface area contributed by atoms with Crippen LogP contribution in [0.3, 0.4) is 0 Å². The van der Waals surface area contributed by atoms with Gasteiger partial charge in [-0.3, -0.25) is 4.79 Å². The molecule has 0 aliphatic carbocycles. The van der Waals surface area contributed by atoms with Crippen LogP contribution < -0.4 is 10.6 Å². The Morgan fingerprint density at radius 2 is 1.64 bits per heavy atom. The summed E-state index contributed by atoms with van der Waals surface area (Å²) < 4.78 is 38.2. The molecule has 0 aromatic carbocycles. The van der Waals surface area contributed by atoms with Gasteiger partial charge in [-0.15, -0.1) is 0 Å². The van der Waals surface area contributed by atoms with Gasteiger partial charge in [0.1, 0.15) is 35.1 Å². The predicted octanol–water partition coefficient (Wildman–Crippen LogP) is 2.73. The molecule has 14 nitrogen and oxygen atoms in total. The molecule has 7 N–H and O–H groups in total. The third-order valence-corrected chi connectivity index (χ3v) is 13.9. The number of hydrogen-bond acceptors (Lipinski definition) is 15. The number of cyclic esters (lactones) is 1. The zero-order valence-corrected chi connectivity index (χ0v) is 36.6. The molecular weight excluding hydrogens is 733 g/mol. The van der Waals surface area contributed by atoms with E-state index in [0.29, 0.717) is 18.7 Å². The Morgan fingerprint density at radius 1 is 0.982 bits per heavy atom. The van der Waals surface area contributed by atoms with Crippen LogP contribution in [0.25, 0.3) is 0 Å². The minimum Gasteiger partial charge on any atom is -0.459 e. The van der Waals surface area contributed by atoms with Crippen LogP contribution in [0.1, 0.15) is 108 Å². The molecule has 3 saturated heterocycles. The highest BCUT2D eigenvalue weighted by molar-refractivity contribution is 7.99. The molecule has 0 saturated carbocycles. The number of methoxy groups -OCH3 is 1. The lowest BCUT2D eigenvalue weighted by Gasteiger charge is -2.53. The number of ether oxygens (including phenoxy) is 6. The summed E-state index contributed by atoms with van der Waals surface area (Å²) in [5, 5.41) is 65.4. The van der Waals surface area contributed by atoms with E-state index in [9.17, 15) is 30.3 Å². The van der Waals surface area contributed by atoms with Crippen LogP contribution in [0.15, 0.2) is 0 Å². The van der Waals surface area contributed by atoms with Gasteiger partial charge in [-0.05, 0) is 99.4 Å². The second-order valence-electron chi connectivity index (χ2n) is 17.4. The van der Waals surface area contributed by atoms with Crippen molar-refractivity contribution in [3.8, 4) is 0 Å². The van der Waals surface area contributed by atoms with E-state index in [1.54, 1.807) is 60.5 Å². The Labute approximate surface area is 334 Å². The summed E-state index contributed by atoms with van der Waals surface area (Å²) >= 11 is 1.62. The quantitative estimate of drug-likeness (QED) is 0.119. The van der Waals surface area contributed by atoms with E-state index in [1.807, 2.05) is 27.7 Å². The van der Waals surface area contributed by atoms with Crippen LogP contribution >= 0.6 is 11.8 Å². The molecule has 3 fully saturated rings. The maximum absolute atomic E-state index is 14.3. The van der Waals surface area contributed by atoms with E-state index in [2.05, 4.69) is 17.6 Å². The summed E-state index contributed by atoms with van der Waals surface area (Å²) in [6, 6.07) is -0.921. The lowest BCUT2D eigenvalue weighted by atomic mass is 9.76. The van der Waals surface area contributed by atoms with Gasteiger partial charge in [-0.1, -0.05) is 27.7 Å². The molecule has 0 amide bonds. The molecule has 3 heterocycles. The van der Waals surface area contributed by atoms with Crippen molar-refractivity contribution in [2.45, 2.75) is 198 Å². The van der Waals surface area contributed by atoms with Gasteiger partial charge in [0.15, 0.2) is 12.6 Å². The third kappa shape index (κ3) is 11.1. The third-order valence-electron chi connectivity index (χ3n) is 12.6. The predicted molar refractivity (Wildman–Crippen MR) is 211 cm³/mol. The summed E-state index contributed by atoms with van der Waals surface area (Å²) in [5.74, 6) is -1.40. The van der Waals surface area contributed by atoms with Crippen molar-refractivity contribution in [2.75, 3.05) is 32.2 Å². The fraction of sp³-hybridized carbons (Fsp3) is 0.975. The number of thioether (sulfide) groups is 1. The number of aliphatic hydroxyl groups is 5. The summed E-state index contributed by atoms with van der Waals surface area (Å²) in [6.45, 7) is 20.1. The molecule has 18 atom stereocenters. The van der Waals surface area contributed by atoms with Gasteiger partial charge in [0.25, 0.3) is 0 Å². The van der Waals surface area contributed by atoms with Crippen molar-refractivity contribution in [1.29, 1.82) is 0 Å². The standard InChI is InChI=1S/C40H76N2O12S/c1-14-16-55-21-40(48)27(8)51-30(19-38(40,10)49-13)53-32-24(5)34(54-36-31(43)28(41-12)17-23(4)50-36)37(9,46)18-22(3)20-42-26(7)33(44)39(11,47)29(15-2)52-35(45)25(32)6/h22-34,36,41-44,46-48H,14-21H2,1-13H3/t22-,23-,24+,25-,26-,27+,28+,29-,30+,31-,32+,33-,34-,36+,37-,38-,39-,40+/m1/s1. The molecule has 0 aromatic rings. The van der Waals surface area contributed by atoms with E-state index >= 15 is 0 Å². The van der Waals surface area contributed by atoms with E-state index < -0.39 is 95.5 Å². The molecule has 15 heteroatoms. The van der Waals surface area contributed by atoms with Crippen molar-refractivity contribution < 1.29 is 58.7 Å². The number of rotatable bonds is 11. The zero-order chi connectivity index (χ0) is 41.7. The minimum atomic E-state index is -1.81. The Morgan fingerprint density at radius 3 is 2.22 bits per heavy atom. The Bertz CT molecular complexity index is 1200. The fourth-order valence-corrected chi connectivity index (χ4v) is 10.1. The molecule has 3 aliphatic heterocycles. The van der Waals surface area contributed by atoms with Crippen LogP contribution in [0, 0.1) is 17.8 Å². The Balaban J connectivity index is 2.15. The average Bonchev–Trinajstić information content (AvgIpc) is 3.12. The molecule has 3 aliphatic rings. The van der Waals surface area contributed by atoms with E-state index in [1.165, 1.54) is 6.92 Å². The van der Waals surface area contributed by atoms with Crippen molar-refractivity contribution in [2.24, 2.45) is 17.8 Å². The highest BCUT2D eigenvalue weighted by Gasteiger charge is 2.58. The highest BCUT2D eigenvalue weighted by atomic mass is 32.2. The first-order valence-electron chi connectivity index (χ1n) is 20.4. The number of carbonyl (C=O) groups excluding carboxylic acids is 1. The number of hydrogen-bond donors (Lipinski definition) is 7. The Kier molecular flexibility index (Phi) is 17.8. The van der Waals surface area contributed by atoms with Gasteiger partial charge in [-0.25, -0.2) is 0 Å². The molecule has 324 valence electrons. The van der Waals surface area contributed by atoms with Gasteiger partial charge in [0.05, 0.1) is 35.9 Å². The SMILES string of the molecule is CCCSC[C@]1(O)[C@H](C)O[C@@H](O[C@H]2[C@H](C)[C@@H](O[C@@H]3O[C@H](C)C[C@H](NC)[C@H]3O)[C@](C)(O)C[C@@H](C)CN[C@H](C)[C@@H](O)[C@](C)(O)[C@@H](CC)OC(=O)[C@@H]2C)C[C@@]1(C)OC. The number of likely N-dealkylation sites (N-methyl/N-ethyl adjacent to an activating group) is 1. The van der Waals surface area contributed by atoms with Crippen LogP contribution in [0.5, 0.6) is 0 Å². The van der Waals surface area contributed by atoms with E-state index in [0.717, 1.165) is 12.2 Å². The first kappa shape index (κ1) is 48.7. The van der Waals surface area contributed by atoms with Crippen molar-refractivity contribution in [1.82, 2.24) is 10.6 Å². The van der Waals surface area contributed by atoms with Gasteiger partial charge in [0.2, 0.25) is 0 Å². The van der Waals surface area contributed by atoms with Crippen LogP contribution in [-0.2, 0) is 33.2 Å². The largest absolute Gasteiger partial charge is 0.459 e. The first-order valence-corrected chi connectivity index (χ1v) is 21.6. The maximum atomic E-state index is 14.3. The van der Waals surface area contributed by atoms with Gasteiger partial charge in [0, 0.05) is 37.3 Å². The summed E-state index contributed by atoms with van der Waals surface area (Å²) in [6.07, 6.45) is -6.55. The average molecular weight is 809 g/mol. The molecule has 0 radical (unpaired) electrons. The van der Waals surface area contributed by atoms with Gasteiger partial charge >= 0.3 is 5.97 Å². The number of carbonyl (C=O) groups is 1. The number of aliphatic hydroxyl groups excluding tert-OH is 2. The lowest BCUT2D eigenvalue weighted by Crippen LogP contribution is -2.68. The zero-order valence-electron chi connectivity index (χ0n) is 35.7. The normalized spacial score (nSPS) is 48.4. The second kappa shape index (κ2) is 20.1. The monoisotopic (exact) mass is 809 g/mol. The van der Waals surface area contributed by atoms with Gasteiger partial charge < -0.3 is 64.6 Å². The van der Waals surface area contributed by atoms with E-state index in [-0.39, 0.29) is 37.3 Å². The van der Waals surface area contributed by atoms with Crippen molar-refractivity contribution in [3.05, 3.63) is 0 Å². The summed E-state index contributed by atoms with van der Waals surface area (Å²) in [5.41, 5.74) is -5.82. The van der Waals surface area contributed by atoms with Gasteiger partial charge in [-0.2, -0.15) is 11.8 Å². The molecule has 0 spiro atoms. The molecule has 3 rings (SSSR count). The number of nitrogens with one attached hydrogen (secondary N) is 2. The second-order valence-corrected chi connectivity index (χ2v) is 18.5. The fourth-order valence-electron chi connectivity index (χ4n) is 8.86. The molecule has 0 unspecified atom stereocenters. The molecule has 0 bridgehead atoms. The summed E-state index contributed by atoms with van der Waals surface area (Å²) in [7, 11) is 3.31. The summed E-state index contributed by atoms with van der Waals surface area (Å²) in [4.78, 5) is 14.3. The topological polar surface area (TPSA) is 198 Å². The van der Waals surface area contributed by atoms with Crippen LogP contribution in [0.4, 0.5) is 0 Å². The van der Waals surface area contributed by atoms with Crippen LogP contribution in [0.2, 0.25) is 0 Å². The highest BCUT2D eigenvalue weighted by Crippen LogP contribution is 2.44. The maximum Gasteiger partial charge on any atom is 0.311 e. The molecular formula is C40H76N2O12S. The van der Waals surface area contributed by atoms with Crippen molar-refractivity contribution in [3.63, 3.8) is 0 Å². The van der Waals surface area contributed by atoms with Crippen molar-refractivity contribution >= 4 is 17.7 Å². The Hall–Kier alpha value is -0.660. The van der Waals surface area contributed by atoms with E-state index in [4.69, 9.17) is 28.4 Å². The number of esters is 1.